The predicted molar refractivity (Wildman–Crippen MR) is 140 cm³/mol. The molecule has 2 heterocycles. The fourth-order valence-corrected chi connectivity index (χ4v) is 4.95. The summed E-state index contributed by atoms with van der Waals surface area (Å²) in [6, 6.07) is 35.6. The molecule has 0 atom stereocenters. The van der Waals surface area contributed by atoms with Gasteiger partial charge in [0.2, 0.25) is 0 Å². The van der Waals surface area contributed by atoms with E-state index in [0.29, 0.717) is 0 Å². The third-order valence-corrected chi connectivity index (χ3v) is 6.71. The van der Waals surface area contributed by atoms with Crippen LogP contribution < -0.4 is 4.90 Å². The maximum atomic E-state index is 10.7. The van der Waals surface area contributed by atoms with Crippen LogP contribution in [0.25, 0.3) is 22.5 Å². The van der Waals surface area contributed by atoms with Crippen LogP contribution in [0.2, 0.25) is 0 Å². The molecule has 5 heteroatoms. The number of aromatic nitrogens is 2. The minimum absolute atomic E-state index is 0. The van der Waals surface area contributed by atoms with Gasteiger partial charge in [-0.2, -0.15) is 0 Å². The molecule has 0 saturated carbocycles. The summed E-state index contributed by atoms with van der Waals surface area (Å²) in [7, 11) is 0. The van der Waals surface area contributed by atoms with Crippen molar-refractivity contribution in [2.24, 2.45) is 0 Å². The van der Waals surface area contributed by atoms with Crippen molar-refractivity contribution in [2.45, 2.75) is 19.3 Å². The number of anilines is 3. The first-order valence-corrected chi connectivity index (χ1v) is 11.7. The summed E-state index contributed by atoms with van der Waals surface area (Å²) in [5.74, 6) is 1.08. The first kappa shape index (κ1) is 24.0. The van der Waals surface area contributed by atoms with Gasteiger partial charge in [0.25, 0.3) is 0 Å². The number of fused-ring (bicyclic) bond motifs is 3. The topological polar surface area (TPSA) is 49.2 Å². The Kier molecular flexibility index (Phi) is 6.24. The Hall–Kier alpha value is -3.75. The van der Waals surface area contributed by atoms with E-state index in [1.165, 1.54) is 0 Å². The maximum absolute atomic E-state index is 10.7. The SMILES string of the molecule is CC1(C)c2ccc(-c3[c-]c(N(c4ccccc4)c4ccccn4)ccc3)nc2-c2c(O)cccc21.[Pt]. The van der Waals surface area contributed by atoms with Crippen LogP contribution in [0, 0.1) is 6.07 Å². The van der Waals surface area contributed by atoms with Crippen LogP contribution in [0.3, 0.4) is 0 Å². The van der Waals surface area contributed by atoms with Gasteiger partial charge < -0.3 is 10.0 Å². The number of benzene rings is 3. The van der Waals surface area contributed by atoms with Crippen molar-refractivity contribution in [1.29, 1.82) is 0 Å². The fraction of sp³-hybridized carbons (Fsp3) is 0.0968. The van der Waals surface area contributed by atoms with Crippen LogP contribution in [0.5, 0.6) is 5.75 Å². The second-order valence-corrected chi connectivity index (χ2v) is 9.23. The van der Waals surface area contributed by atoms with Gasteiger partial charge >= 0.3 is 0 Å². The minimum Gasteiger partial charge on any atom is -0.507 e. The van der Waals surface area contributed by atoms with Crippen molar-refractivity contribution < 1.29 is 26.2 Å². The molecule has 1 N–H and O–H groups in total. The van der Waals surface area contributed by atoms with Gasteiger partial charge in [-0.05, 0) is 52.8 Å². The summed E-state index contributed by atoms with van der Waals surface area (Å²) in [5, 5.41) is 10.7. The summed E-state index contributed by atoms with van der Waals surface area (Å²) >= 11 is 0. The zero-order valence-electron chi connectivity index (χ0n) is 19.9. The molecule has 180 valence electrons. The molecule has 0 fully saturated rings. The summed E-state index contributed by atoms with van der Waals surface area (Å²) in [5.41, 5.74) is 7.22. The molecule has 0 aliphatic heterocycles. The molecule has 0 spiro atoms. The van der Waals surface area contributed by atoms with Gasteiger partial charge in [0, 0.05) is 43.9 Å². The maximum Gasteiger partial charge on any atom is 0.136 e. The van der Waals surface area contributed by atoms with E-state index in [4.69, 9.17) is 4.98 Å². The largest absolute Gasteiger partial charge is 0.507 e. The van der Waals surface area contributed by atoms with E-state index in [2.05, 4.69) is 54.1 Å². The minimum atomic E-state index is -0.219. The van der Waals surface area contributed by atoms with Crippen molar-refractivity contribution in [2.75, 3.05) is 4.90 Å². The number of hydrogen-bond donors (Lipinski definition) is 1. The normalized spacial score (nSPS) is 12.8. The van der Waals surface area contributed by atoms with Gasteiger partial charge in [-0.1, -0.05) is 62.4 Å². The van der Waals surface area contributed by atoms with E-state index in [0.717, 1.165) is 50.8 Å². The van der Waals surface area contributed by atoms with Crippen molar-refractivity contribution in [3.8, 4) is 28.3 Å². The number of nitrogens with zero attached hydrogens (tertiary/aromatic N) is 3. The molecule has 0 amide bonds. The molecule has 0 unspecified atom stereocenters. The van der Waals surface area contributed by atoms with Gasteiger partial charge in [-0.3, -0.25) is 4.98 Å². The second kappa shape index (κ2) is 9.37. The molecule has 0 saturated heterocycles. The number of phenols is 1. The molecule has 1 aliphatic carbocycles. The molecule has 4 nitrogen and oxygen atoms in total. The van der Waals surface area contributed by atoms with Crippen LogP contribution in [-0.2, 0) is 26.5 Å². The molecule has 6 rings (SSSR count). The smallest absolute Gasteiger partial charge is 0.136 e. The number of phenolic OH excluding ortho intramolecular Hbond substituents is 1. The van der Waals surface area contributed by atoms with Crippen molar-refractivity contribution in [1.82, 2.24) is 9.97 Å². The third kappa shape index (κ3) is 3.92. The summed E-state index contributed by atoms with van der Waals surface area (Å²) in [4.78, 5) is 11.7. The fourth-order valence-electron chi connectivity index (χ4n) is 4.95. The Balaban J connectivity index is 0.00000267. The van der Waals surface area contributed by atoms with Gasteiger partial charge in [-0.25, -0.2) is 4.98 Å². The number of pyridine rings is 2. The zero-order valence-corrected chi connectivity index (χ0v) is 22.2. The van der Waals surface area contributed by atoms with E-state index in [1.54, 1.807) is 12.3 Å². The van der Waals surface area contributed by atoms with Gasteiger partial charge in [0.15, 0.2) is 0 Å². The van der Waals surface area contributed by atoms with E-state index in [9.17, 15) is 5.11 Å². The number of rotatable bonds is 4. The molecule has 0 radical (unpaired) electrons. The Morgan fingerprint density at radius 2 is 1.56 bits per heavy atom. The van der Waals surface area contributed by atoms with E-state index >= 15 is 0 Å². The quantitative estimate of drug-likeness (QED) is 0.206. The molecule has 36 heavy (non-hydrogen) atoms. The van der Waals surface area contributed by atoms with Gasteiger partial charge in [0.1, 0.15) is 11.6 Å². The Morgan fingerprint density at radius 1 is 0.778 bits per heavy atom. The number of hydrogen-bond acceptors (Lipinski definition) is 4. The average Bonchev–Trinajstić information content (AvgIpc) is 3.13. The first-order valence-electron chi connectivity index (χ1n) is 11.7. The van der Waals surface area contributed by atoms with Crippen molar-refractivity contribution in [3.63, 3.8) is 0 Å². The Labute approximate surface area is 225 Å². The van der Waals surface area contributed by atoms with Crippen LogP contribution in [0.15, 0.2) is 103 Å². The summed E-state index contributed by atoms with van der Waals surface area (Å²) in [6.45, 7) is 4.35. The molecule has 5 aromatic rings. The first-order chi connectivity index (χ1) is 17.0. The third-order valence-electron chi connectivity index (χ3n) is 6.71. The average molecular weight is 650 g/mol. The monoisotopic (exact) mass is 649 g/mol. The molecular formula is C31H24N3OPt-. The summed E-state index contributed by atoms with van der Waals surface area (Å²) in [6.07, 6.45) is 1.79. The van der Waals surface area contributed by atoms with Crippen LogP contribution in [0.4, 0.5) is 17.2 Å². The van der Waals surface area contributed by atoms with Crippen molar-refractivity contribution in [3.05, 3.63) is 120 Å². The van der Waals surface area contributed by atoms with Gasteiger partial charge in [0.05, 0.1) is 5.69 Å². The Bertz CT molecular complexity index is 1500. The zero-order chi connectivity index (χ0) is 24.0. The van der Waals surface area contributed by atoms with E-state index in [-0.39, 0.29) is 32.2 Å². The van der Waals surface area contributed by atoms with E-state index in [1.807, 2.05) is 66.7 Å². The number of para-hydroxylation sites is 1. The molecule has 0 bridgehead atoms. The molecule has 2 aromatic heterocycles. The van der Waals surface area contributed by atoms with Crippen LogP contribution in [-0.4, -0.2) is 15.1 Å². The van der Waals surface area contributed by atoms with Gasteiger partial charge in [-0.15, -0.1) is 29.8 Å². The molecule has 1 aliphatic rings. The second-order valence-electron chi connectivity index (χ2n) is 9.23. The Morgan fingerprint density at radius 3 is 2.33 bits per heavy atom. The predicted octanol–water partition coefficient (Wildman–Crippen LogP) is 7.42. The summed E-state index contributed by atoms with van der Waals surface area (Å²) < 4.78 is 0. The molecular weight excluding hydrogens is 625 g/mol. The number of aromatic hydroxyl groups is 1. The van der Waals surface area contributed by atoms with E-state index < -0.39 is 0 Å². The van der Waals surface area contributed by atoms with Crippen LogP contribution >= 0.6 is 0 Å². The van der Waals surface area contributed by atoms with Crippen LogP contribution in [0.1, 0.15) is 25.0 Å². The molecule has 3 aromatic carbocycles. The van der Waals surface area contributed by atoms with Crippen molar-refractivity contribution >= 4 is 17.2 Å². The standard InChI is InChI=1S/C31H24N3O.Pt/c1-31(2)24-14-9-15-27(35)29(24)30-25(31)17-18-26(33-30)21-10-8-13-23(20-21)34(22-11-4-3-5-12-22)28-16-6-7-19-32-28;/h3-19,35H,1-2H3;/q-1;.